The van der Waals surface area contributed by atoms with E-state index < -0.39 is 10.0 Å². The van der Waals surface area contributed by atoms with Gasteiger partial charge in [-0.25, -0.2) is 4.98 Å². The van der Waals surface area contributed by atoms with E-state index in [0.717, 1.165) is 32.5 Å². The molecule has 0 saturated heterocycles. The van der Waals surface area contributed by atoms with Crippen LogP contribution in [0.1, 0.15) is 71.1 Å². The number of para-hydroxylation sites is 1. The van der Waals surface area contributed by atoms with Crippen LogP contribution in [0.2, 0.25) is 0 Å². The Labute approximate surface area is 224 Å². The Morgan fingerprint density at radius 2 is 1.47 bits per heavy atom. The predicted molar refractivity (Wildman–Crippen MR) is 157 cm³/mol. The quantitative estimate of drug-likeness (QED) is 0.121. The van der Waals surface area contributed by atoms with Gasteiger partial charge < -0.3 is 0 Å². The van der Waals surface area contributed by atoms with Crippen LogP contribution < -0.4 is 4.72 Å². The summed E-state index contributed by atoms with van der Waals surface area (Å²) in [5.41, 5.74) is 1.36. The van der Waals surface area contributed by atoms with Crippen molar-refractivity contribution in [1.82, 2.24) is 4.98 Å². The van der Waals surface area contributed by atoms with Crippen molar-refractivity contribution in [2.75, 3.05) is 10.5 Å². The van der Waals surface area contributed by atoms with Crippen molar-refractivity contribution in [2.45, 2.75) is 80.4 Å². The molecule has 0 aliphatic carbocycles. The molecule has 0 saturated carbocycles. The molecule has 0 radical (unpaired) electrons. The first kappa shape index (κ1) is 27.0. The molecule has 1 heterocycles. The first-order chi connectivity index (χ1) is 17.6. The third-order valence-electron chi connectivity index (χ3n) is 6.39. The van der Waals surface area contributed by atoms with E-state index >= 15 is 0 Å². The summed E-state index contributed by atoms with van der Waals surface area (Å²) in [6.45, 7) is 2.26. The van der Waals surface area contributed by atoms with E-state index in [1.54, 1.807) is 11.8 Å². The number of sulfonamides is 1. The third-order valence-corrected chi connectivity index (χ3v) is 10.3. The average Bonchev–Trinajstić information content (AvgIpc) is 3.34. The van der Waals surface area contributed by atoms with Crippen LogP contribution in [-0.4, -0.2) is 19.2 Å². The number of fused-ring (bicyclic) bond motifs is 2. The van der Waals surface area contributed by atoms with Crippen molar-refractivity contribution in [1.29, 1.82) is 0 Å². The van der Waals surface area contributed by atoms with Crippen LogP contribution in [0.3, 0.4) is 0 Å². The van der Waals surface area contributed by atoms with E-state index in [1.807, 2.05) is 54.6 Å². The molecule has 0 bridgehead atoms. The number of anilines is 1. The van der Waals surface area contributed by atoms with Crippen LogP contribution >= 0.6 is 23.1 Å². The smallest absolute Gasteiger partial charge is 0.276 e. The van der Waals surface area contributed by atoms with Crippen molar-refractivity contribution in [3.8, 4) is 0 Å². The first-order valence-corrected chi connectivity index (χ1v) is 16.4. The number of thioether (sulfide) groups is 1. The summed E-state index contributed by atoms with van der Waals surface area (Å²) in [5.74, 6) is 0.977. The van der Waals surface area contributed by atoms with Crippen LogP contribution in [0.5, 0.6) is 0 Å². The number of hydrogen-bond donors (Lipinski definition) is 1. The summed E-state index contributed by atoms with van der Waals surface area (Å²) >= 11 is 2.94. The molecule has 3 aromatic carbocycles. The van der Waals surface area contributed by atoms with Gasteiger partial charge in [0.2, 0.25) is 4.34 Å². The van der Waals surface area contributed by atoms with Gasteiger partial charge in [0, 0.05) is 10.3 Å². The van der Waals surface area contributed by atoms with Crippen LogP contribution in [0.4, 0.5) is 5.69 Å². The Balaban J connectivity index is 1.39. The van der Waals surface area contributed by atoms with Crippen molar-refractivity contribution in [3.05, 3.63) is 60.7 Å². The Morgan fingerprint density at radius 1 is 0.806 bits per heavy atom. The highest BCUT2D eigenvalue weighted by molar-refractivity contribution is 7.99. The molecule has 4 rings (SSSR count). The molecule has 0 unspecified atom stereocenters. The lowest BCUT2D eigenvalue weighted by molar-refractivity contribution is 0.563. The summed E-state index contributed by atoms with van der Waals surface area (Å²) in [6, 6.07) is 19.6. The second kappa shape index (κ2) is 13.5. The zero-order chi connectivity index (χ0) is 25.2. The molecule has 7 heteroatoms. The van der Waals surface area contributed by atoms with Gasteiger partial charge in [-0.1, -0.05) is 107 Å². The fourth-order valence-corrected chi connectivity index (χ4v) is 7.82. The minimum atomic E-state index is -3.80. The number of benzene rings is 3. The predicted octanol–water partition coefficient (Wildman–Crippen LogP) is 9.26. The number of nitrogens with one attached hydrogen (secondary N) is 1. The molecule has 192 valence electrons. The highest BCUT2D eigenvalue weighted by atomic mass is 32.2. The Morgan fingerprint density at radius 3 is 2.22 bits per heavy atom. The number of unbranched alkanes of at least 4 members (excludes halogenated alkanes) is 9. The number of aromatic nitrogens is 1. The SMILES string of the molecule is CCCCCCCCCCCCSc1ccc2ccccc2c1NS(=O)(=O)c1nc2ccccc2s1. The average molecular weight is 541 g/mol. The molecule has 0 fully saturated rings. The molecular weight excluding hydrogens is 505 g/mol. The van der Waals surface area contributed by atoms with Gasteiger partial charge in [0.05, 0.1) is 15.9 Å². The molecule has 0 spiro atoms. The maximum absolute atomic E-state index is 13.4. The molecule has 4 aromatic rings. The molecule has 0 atom stereocenters. The van der Waals surface area contributed by atoms with Gasteiger partial charge in [0.25, 0.3) is 10.0 Å². The van der Waals surface area contributed by atoms with Crippen molar-refractivity contribution in [3.63, 3.8) is 0 Å². The van der Waals surface area contributed by atoms with Gasteiger partial charge in [0.1, 0.15) is 0 Å². The maximum Gasteiger partial charge on any atom is 0.289 e. The highest BCUT2D eigenvalue weighted by Gasteiger charge is 2.22. The molecule has 0 amide bonds. The Kier molecular flexibility index (Phi) is 10.1. The van der Waals surface area contributed by atoms with Gasteiger partial charge >= 0.3 is 0 Å². The van der Waals surface area contributed by atoms with Crippen LogP contribution in [0.25, 0.3) is 21.0 Å². The summed E-state index contributed by atoms with van der Waals surface area (Å²) in [6.07, 6.45) is 13.1. The standard InChI is InChI=1S/C29H36N2O2S3/c1-2-3-4-5-6-7-8-9-10-15-22-34-27-21-20-23-16-11-12-17-24(23)28(27)31-36(32,33)29-30-25-18-13-14-19-26(25)35-29/h11-14,16-21,31H,2-10,15,22H2,1H3. The van der Waals surface area contributed by atoms with E-state index in [9.17, 15) is 8.42 Å². The van der Waals surface area contributed by atoms with Crippen molar-refractivity contribution in [2.24, 2.45) is 0 Å². The lowest BCUT2D eigenvalue weighted by atomic mass is 10.1. The Hall–Kier alpha value is -2.09. The second-order valence-corrected chi connectivity index (χ2v) is 13.3. The molecular formula is C29H36N2O2S3. The summed E-state index contributed by atoms with van der Waals surface area (Å²) in [4.78, 5) is 5.35. The van der Waals surface area contributed by atoms with Gasteiger partial charge in [-0.05, 0) is 35.8 Å². The van der Waals surface area contributed by atoms with E-state index in [1.165, 1.54) is 69.1 Å². The normalized spacial score (nSPS) is 11.9. The van der Waals surface area contributed by atoms with E-state index in [-0.39, 0.29) is 4.34 Å². The fraction of sp³-hybridized carbons (Fsp3) is 0.414. The molecule has 4 nitrogen and oxygen atoms in total. The van der Waals surface area contributed by atoms with Gasteiger partial charge in [-0.2, -0.15) is 8.42 Å². The highest BCUT2D eigenvalue weighted by Crippen LogP contribution is 2.37. The number of rotatable bonds is 15. The zero-order valence-electron chi connectivity index (χ0n) is 21.0. The van der Waals surface area contributed by atoms with Crippen LogP contribution in [0, 0.1) is 0 Å². The summed E-state index contributed by atoms with van der Waals surface area (Å²) < 4.78 is 30.6. The largest absolute Gasteiger partial charge is 0.289 e. The monoisotopic (exact) mass is 540 g/mol. The van der Waals surface area contributed by atoms with Crippen LogP contribution in [-0.2, 0) is 10.0 Å². The Bertz CT molecular complexity index is 1330. The maximum atomic E-state index is 13.4. The summed E-state index contributed by atoms with van der Waals surface area (Å²) in [5, 5.41) is 1.93. The number of nitrogens with zero attached hydrogens (tertiary/aromatic N) is 1. The third kappa shape index (κ3) is 7.24. The summed E-state index contributed by atoms with van der Waals surface area (Å²) in [7, 11) is -3.80. The molecule has 36 heavy (non-hydrogen) atoms. The molecule has 1 aromatic heterocycles. The molecule has 0 aliphatic heterocycles. The minimum Gasteiger partial charge on any atom is -0.276 e. The second-order valence-electron chi connectivity index (χ2n) is 9.24. The van der Waals surface area contributed by atoms with Crippen molar-refractivity contribution >= 4 is 59.8 Å². The molecule has 1 N–H and O–H groups in total. The number of thiazole rings is 1. The zero-order valence-corrected chi connectivity index (χ0v) is 23.5. The molecule has 0 aliphatic rings. The topological polar surface area (TPSA) is 59.1 Å². The lowest BCUT2D eigenvalue weighted by Crippen LogP contribution is -2.13. The first-order valence-electron chi connectivity index (χ1n) is 13.1. The van der Waals surface area contributed by atoms with Crippen LogP contribution in [0.15, 0.2) is 69.9 Å². The fourth-order valence-electron chi connectivity index (χ4n) is 4.39. The van der Waals surface area contributed by atoms with Gasteiger partial charge in [0.15, 0.2) is 0 Å². The minimum absolute atomic E-state index is 0.0993. The van der Waals surface area contributed by atoms with E-state index in [4.69, 9.17) is 0 Å². The van der Waals surface area contributed by atoms with Gasteiger partial charge in [-0.15, -0.1) is 23.1 Å². The number of hydrogen-bond acceptors (Lipinski definition) is 5. The lowest BCUT2D eigenvalue weighted by Gasteiger charge is -2.14. The van der Waals surface area contributed by atoms with Crippen molar-refractivity contribution < 1.29 is 8.42 Å². The van der Waals surface area contributed by atoms with E-state index in [2.05, 4.69) is 22.7 Å². The van der Waals surface area contributed by atoms with E-state index in [0.29, 0.717) is 11.2 Å². The van der Waals surface area contributed by atoms with Gasteiger partial charge in [-0.3, -0.25) is 4.72 Å².